The van der Waals surface area contributed by atoms with Crippen molar-refractivity contribution in [2.75, 3.05) is 0 Å². The van der Waals surface area contributed by atoms with Crippen LogP contribution >= 0.6 is 0 Å². The predicted octanol–water partition coefficient (Wildman–Crippen LogP) is 3.06. The summed E-state index contributed by atoms with van der Waals surface area (Å²) in [6, 6.07) is 3.73. The maximum Gasteiger partial charge on any atom is 0.281 e. The maximum atomic E-state index is 11.1. The molecule has 22 heavy (non-hydrogen) atoms. The van der Waals surface area contributed by atoms with Gasteiger partial charge in [0.2, 0.25) is 0 Å². The first-order chi connectivity index (χ1) is 10.6. The van der Waals surface area contributed by atoms with Crippen molar-refractivity contribution >= 4 is 11.4 Å². The van der Waals surface area contributed by atoms with Gasteiger partial charge in [-0.05, 0) is 49.0 Å². The van der Waals surface area contributed by atoms with Gasteiger partial charge in [-0.2, -0.15) is 0 Å². The molecular formula is C15H16N2O5. The Bertz CT molecular complexity index is 655. The molecule has 3 aliphatic rings. The minimum Gasteiger partial charge on any atom is -0.373 e. The van der Waals surface area contributed by atoms with Crippen molar-refractivity contribution in [3.8, 4) is 0 Å². The number of hydrogen-bond acceptors (Lipinski definition) is 5. The van der Waals surface area contributed by atoms with Crippen LogP contribution in [-0.2, 0) is 11.3 Å². The Morgan fingerprint density at radius 2 is 1.86 bits per heavy atom. The molecule has 0 aromatic heterocycles. The van der Waals surface area contributed by atoms with E-state index < -0.39 is 9.85 Å². The first-order valence-electron chi connectivity index (χ1n) is 7.59. The molecule has 5 atom stereocenters. The number of nitro groups is 2. The van der Waals surface area contributed by atoms with E-state index >= 15 is 0 Å². The fourth-order valence-corrected chi connectivity index (χ4v) is 4.47. The number of rotatable bonds is 5. The zero-order valence-corrected chi connectivity index (χ0v) is 11.9. The molecule has 0 heterocycles. The monoisotopic (exact) mass is 304 g/mol. The van der Waals surface area contributed by atoms with E-state index in [0.717, 1.165) is 30.2 Å². The fourth-order valence-electron chi connectivity index (χ4n) is 4.47. The Balaban J connectivity index is 1.44. The molecule has 0 saturated heterocycles. The van der Waals surface area contributed by atoms with Gasteiger partial charge in [0.05, 0.1) is 34.2 Å². The van der Waals surface area contributed by atoms with Crippen molar-refractivity contribution in [2.45, 2.75) is 32.0 Å². The molecule has 0 amide bonds. The lowest BCUT2D eigenvalue weighted by Gasteiger charge is -2.68. The smallest absolute Gasteiger partial charge is 0.281 e. The summed E-state index contributed by atoms with van der Waals surface area (Å²) in [6.07, 6.45) is 3.92. The van der Waals surface area contributed by atoms with Crippen molar-refractivity contribution in [2.24, 2.45) is 23.7 Å². The van der Waals surface area contributed by atoms with E-state index in [1.165, 1.54) is 25.0 Å². The van der Waals surface area contributed by atoms with Gasteiger partial charge in [0, 0.05) is 6.07 Å². The van der Waals surface area contributed by atoms with E-state index in [1.54, 1.807) is 0 Å². The second-order valence-electron chi connectivity index (χ2n) is 6.56. The molecule has 0 radical (unpaired) electrons. The maximum absolute atomic E-state index is 11.1. The molecule has 0 spiro atoms. The second kappa shape index (κ2) is 4.74. The number of fused-ring (bicyclic) bond motifs is 4. The number of ether oxygens (including phenoxy) is 1. The lowest BCUT2D eigenvalue weighted by Crippen LogP contribution is -2.65. The van der Waals surface area contributed by atoms with Gasteiger partial charge in [-0.25, -0.2) is 0 Å². The number of nitrogens with zero attached hydrogens (tertiary/aromatic N) is 2. The number of hydrogen-bond donors (Lipinski definition) is 0. The quantitative estimate of drug-likeness (QED) is 0.615. The van der Waals surface area contributed by atoms with Crippen LogP contribution in [0.2, 0.25) is 0 Å². The van der Waals surface area contributed by atoms with Crippen LogP contribution in [0.4, 0.5) is 11.4 Å². The highest BCUT2D eigenvalue weighted by atomic mass is 16.6. The van der Waals surface area contributed by atoms with Crippen LogP contribution in [-0.4, -0.2) is 16.0 Å². The van der Waals surface area contributed by atoms with E-state index in [9.17, 15) is 20.2 Å². The van der Waals surface area contributed by atoms with Crippen molar-refractivity contribution in [3.63, 3.8) is 0 Å². The summed E-state index contributed by atoms with van der Waals surface area (Å²) >= 11 is 0. The SMILES string of the molecule is O=[N+]([O-])c1ccc(CO[C@H]2C[C@@H]3[C@H]4CC[C@@H]4[C@@H]32)c([N+](=O)[O-])c1. The average Bonchev–Trinajstić information content (AvgIpc) is 2.46. The van der Waals surface area contributed by atoms with Gasteiger partial charge >= 0.3 is 0 Å². The fraction of sp³-hybridized carbons (Fsp3) is 0.600. The first kappa shape index (κ1) is 13.6. The molecule has 4 rings (SSSR count). The van der Waals surface area contributed by atoms with Crippen LogP contribution < -0.4 is 0 Å². The Labute approximate surface area is 126 Å². The molecule has 7 heteroatoms. The third-order valence-electron chi connectivity index (χ3n) is 5.79. The summed E-state index contributed by atoms with van der Waals surface area (Å²) in [6.45, 7) is 0.152. The van der Waals surface area contributed by atoms with Crippen LogP contribution in [0.15, 0.2) is 18.2 Å². The predicted molar refractivity (Wildman–Crippen MR) is 76.1 cm³/mol. The van der Waals surface area contributed by atoms with Gasteiger partial charge in [-0.1, -0.05) is 0 Å². The van der Waals surface area contributed by atoms with Gasteiger partial charge < -0.3 is 4.74 Å². The average molecular weight is 304 g/mol. The van der Waals surface area contributed by atoms with Gasteiger partial charge in [-0.3, -0.25) is 20.2 Å². The Morgan fingerprint density at radius 3 is 2.45 bits per heavy atom. The molecule has 3 saturated carbocycles. The Hall–Kier alpha value is -2.02. The molecule has 7 nitrogen and oxygen atoms in total. The second-order valence-corrected chi connectivity index (χ2v) is 6.56. The number of nitro benzene ring substituents is 2. The summed E-state index contributed by atoms with van der Waals surface area (Å²) < 4.78 is 5.87. The van der Waals surface area contributed by atoms with Crippen molar-refractivity contribution in [3.05, 3.63) is 44.0 Å². The third-order valence-corrected chi connectivity index (χ3v) is 5.79. The summed E-state index contributed by atoms with van der Waals surface area (Å²) in [5.74, 6) is 3.20. The van der Waals surface area contributed by atoms with Gasteiger partial charge in [-0.15, -0.1) is 0 Å². The van der Waals surface area contributed by atoms with Crippen molar-refractivity contribution in [1.29, 1.82) is 0 Å². The molecular weight excluding hydrogens is 288 g/mol. The lowest BCUT2D eigenvalue weighted by atomic mass is 9.38. The largest absolute Gasteiger partial charge is 0.373 e. The molecule has 1 aromatic rings. The minimum absolute atomic E-state index is 0.152. The lowest BCUT2D eigenvalue weighted by molar-refractivity contribution is -0.394. The first-order valence-corrected chi connectivity index (χ1v) is 7.59. The van der Waals surface area contributed by atoms with E-state index in [-0.39, 0.29) is 24.1 Å². The summed E-state index contributed by atoms with van der Waals surface area (Å²) in [5, 5.41) is 21.8. The Kier molecular flexibility index (Phi) is 2.94. The highest BCUT2D eigenvalue weighted by Gasteiger charge is 2.64. The Morgan fingerprint density at radius 1 is 1.09 bits per heavy atom. The molecule has 0 N–H and O–H groups in total. The standard InChI is InChI=1S/C15H16N2O5/c18-16(19)9-2-1-8(13(5-9)17(20)21)7-22-14-6-12-10-3-4-11(10)15(12)14/h1-2,5,10-12,14-15H,3-4,6-7H2/t10-,11-,12+,14-,15-/m0/s1. The summed E-state index contributed by atoms with van der Waals surface area (Å²) in [4.78, 5) is 20.6. The minimum atomic E-state index is -0.626. The molecule has 3 fully saturated rings. The molecule has 1 aromatic carbocycles. The van der Waals surface area contributed by atoms with Crippen LogP contribution in [0.3, 0.4) is 0 Å². The highest BCUT2D eigenvalue weighted by molar-refractivity contribution is 5.48. The van der Waals surface area contributed by atoms with E-state index in [0.29, 0.717) is 11.5 Å². The van der Waals surface area contributed by atoms with Crippen LogP contribution in [0, 0.1) is 43.9 Å². The molecule has 0 unspecified atom stereocenters. The molecule has 0 bridgehead atoms. The van der Waals surface area contributed by atoms with Crippen LogP contribution in [0.1, 0.15) is 24.8 Å². The van der Waals surface area contributed by atoms with Gasteiger partial charge in [0.25, 0.3) is 11.4 Å². The van der Waals surface area contributed by atoms with Crippen LogP contribution in [0.5, 0.6) is 0 Å². The number of benzene rings is 1. The van der Waals surface area contributed by atoms with E-state index in [2.05, 4.69) is 0 Å². The van der Waals surface area contributed by atoms with Crippen molar-refractivity contribution < 1.29 is 14.6 Å². The highest BCUT2D eigenvalue weighted by Crippen LogP contribution is 2.67. The van der Waals surface area contributed by atoms with Gasteiger partial charge in [0.1, 0.15) is 0 Å². The number of non-ortho nitro benzene ring substituents is 1. The molecule has 0 aliphatic heterocycles. The van der Waals surface area contributed by atoms with Crippen molar-refractivity contribution in [1.82, 2.24) is 0 Å². The molecule has 116 valence electrons. The summed E-state index contributed by atoms with van der Waals surface area (Å²) in [7, 11) is 0. The van der Waals surface area contributed by atoms with Gasteiger partial charge in [0.15, 0.2) is 0 Å². The zero-order chi connectivity index (χ0) is 15.4. The topological polar surface area (TPSA) is 95.5 Å². The molecule has 3 aliphatic carbocycles. The zero-order valence-electron chi connectivity index (χ0n) is 11.9. The van der Waals surface area contributed by atoms with Crippen LogP contribution in [0.25, 0.3) is 0 Å². The summed E-state index contributed by atoms with van der Waals surface area (Å²) in [5.41, 5.74) is -0.0980. The normalized spacial score (nSPS) is 34.5. The van der Waals surface area contributed by atoms with E-state index in [1.807, 2.05) is 0 Å². The third kappa shape index (κ3) is 1.85. The van der Waals surface area contributed by atoms with E-state index in [4.69, 9.17) is 4.74 Å².